The van der Waals surface area contributed by atoms with Crippen molar-refractivity contribution in [3.05, 3.63) is 53.6 Å². The van der Waals surface area contributed by atoms with Crippen molar-refractivity contribution < 1.29 is 5.11 Å². The zero-order valence-corrected chi connectivity index (χ0v) is 11.7. The molecule has 0 fully saturated rings. The second-order valence-corrected chi connectivity index (χ2v) is 4.62. The number of phenols is 1. The molecule has 0 aliphatic rings. The molecule has 3 aromatic rings. The van der Waals surface area contributed by atoms with Crippen LogP contribution in [0.25, 0.3) is 5.95 Å². The van der Waals surface area contributed by atoms with Crippen LogP contribution in [0.15, 0.2) is 41.8 Å². The van der Waals surface area contributed by atoms with E-state index >= 15 is 0 Å². The third kappa shape index (κ3) is 2.53. The Morgan fingerprint density at radius 2 is 2.05 bits per heavy atom. The van der Waals surface area contributed by atoms with Crippen molar-refractivity contribution in [3.8, 4) is 11.7 Å². The maximum atomic E-state index is 9.72. The van der Waals surface area contributed by atoms with Crippen LogP contribution in [0.5, 0.6) is 5.75 Å². The molecule has 1 N–H and O–H groups in total. The number of para-hydroxylation sites is 1. The van der Waals surface area contributed by atoms with E-state index in [2.05, 4.69) is 20.4 Å². The first-order valence-electron chi connectivity index (χ1n) is 6.41. The number of rotatable bonds is 3. The Morgan fingerprint density at radius 3 is 2.76 bits per heavy atom. The number of aromatic hydroxyl groups is 1. The van der Waals surface area contributed by atoms with E-state index in [9.17, 15) is 5.11 Å². The van der Waals surface area contributed by atoms with Gasteiger partial charge >= 0.3 is 0 Å². The molecular weight excluding hydrogens is 268 g/mol. The number of aryl methyl sites for hydroxylation is 2. The number of aromatic nitrogens is 5. The summed E-state index contributed by atoms with van der Waals surface area (Å²) in [6.07, 6.45) is 3.04. The van der Waals surface area contributed by atoms with Gasteiger partial charge in [0.2, 0.25) is 0 Å². The van der Waals surface area contributed by atoms with Crippen molar-refractivity contribution in [1.82, 2.24) is 24.7 Å². The van der Waals surface area contributed by atoms with Gasteiger partial charge < -0.3 is 5.11 Å². The van der Waals surface area contributed by atoms with Crippen LogP contribution in [0.3, 0.4) is 0 Å². The van der Waals surface area contributed by atoms with Gasteiger partial charge in [-0.15, -0.1) is 10.2 Å². The highest BCUT2D eigenvalue weighted by atomic mass is 16.3. The molecule has 2 heterocycles. The molecule has 0 aliphatic heterocycles. The van der Waals surface area contributed by atoms with E-state index in [0.29, 0.717) is 11.5 Å². The molecule has 0 spiro atoms. The van der Waals surface area contributed by atoms with Crippen molar-refractivity contribution in [2.75, 3.05) is 0 Å². The molecule has 0 saturated heterocycles. The summed E-state index contributed by atoms with van der Waals surface area (Å²) < 4.78 is 3.18. The molecule has 3 rings (SSSR count). The third-order valence-corrected chi connectivity index (χ3v) is 2.97. The van der Waals surface area contributed by atoms with Gasteiger partial charge in [0.25, 0.3) is 5.95 Å². The quantitative estimate of drug-likeness (QED) is 0.741. The molecule has 7 nitrogen and oxygen atoms in total. The predicted octanol–water partition coefficient (Wildman–Crippen LogP) is 1.67. The first-order valence-corrected chi connectivity index (χ1v) is 6.41. The van der Waals surface area contributed by atoms with Crippen LogP contribution in [-0.2, 0) is 0 Å². The zero-order chi connectivity index (χ0) is 14.8. The van der Waals surface area contributed by atoms with Crippen molar-refractivity contribution >= 4 is 6.21 Å². The number of hydrogen-bond acceptors (Lipinski definition) is 5. The van der Waals surface area contributed by atoms with Crippen LogP contribution in [0.4, 0.5) is 0 Å². The van der Waals surface area contributed by atoms with E-state index < -0.39 is 0 Å². The van der Waals surface area contributed by atoms with Crippen molar-refractivity contribution in [2.24, 2.45) is 5.10 Å². The second kappa shape index (κ2) is 5.20. The Morgan fingerprint density at radius 1 is 1.24 bits per heavy atom. The second-order valence-electron chi connectivity index (χ2n) is 4.62. The van der Waals surface area contributed by atoms with Crippen molar-refractivity contribution in [1.29, 1.82) is 0 Å². The van der Waals surface area contributed by atoms with Crippen LogP contribution in [0.2, 0.25) is 0 Å². The van der Waals surface area contributed by atoms with Gasteiger partial charge in [0.05, 0.1) is 11.9 Å². The minimum atomic E-state index is 0.169. The Kier molecular flexibility index (Phi) is 3.23. The van der Waals surface area contributed by atoms with Crippen molar-refractivity contribution in [3.63, 3.8) is 0 Å². The van der Waals surface area contributed by atoms with Crippen LogP contribution in [-0.4, -0.2) is 36.0 Å². The number of benzene rings is 1. The Balaban J connectivity index is 1.97. The lowest BCUT2D eigenvalue weighted by Crippen LogP contribution is -2.06. The molecule has 0 saturated carbocycles. The average molecular weight is 282 g/mol. The van der Waals surface area contributed by atoms with E-state index in [-0.39, 0.29) is 5.75 Å². The minimum absolute atomic E-state index is 0.169. The first-order chi connectivity index (χ1) is 10.1. The summed E-state index contributed by atoms with van der Waals surface area (Å²) in [5.41, 5.74) is 2.46. The van der Waals surface area contributed by atoms with Crippen LogP contribution >= 0.6 is 0 Å². The summed E-state index contributed by atoms with van der Waals surface area (Å²) in [6, 6.07) is 8.91. The lowest BCUT2D eigenvalue weighted by Gasteiger charge is -2.02. The molecule has 7 heteroatoms. The zero-order valence-electron chi connectivity index (χ0n) is 11.7. The standard InChI is InChI=1S/C14H14N6O/c1-10-7-11(2)20(18-10)14-17-15-9-19(14)16-8-12-5-3-4-6-13(12)21/h3-9,21H,1-2H3/b16-8+. The summed E-state index contributed by atoms with van der Waals surface area (Å²) in [7, 11) is 0. The molecule has 106 valence electrons. The van der Waals surface area contributed by atoms with E-state index in [1.807, 2.05) is 26.0 Å². The van der Waals surface area contributed by atoms with Gasteiger partial charge in [-0.2, -0.15) is 14.9 Å². The molecule has 0 unspecified atom stereocenters. The normalized spacial score (nSPS) is 11.3. The van der Waals surface area contributed by atoms with Gasteiger partial charge in [-0.3, -0.25) is 0 Å². The SMILES string of the molecule is Cc1cc(C)n(-c2nncn2/N=C/c2ccccc2O)n1. The number of hydrogen-bond donors (Lipinski definition) is 1. The first kappa shape index (κ1) is 13.0. The molecule has 0 amide bonds. The summed E-state index contributed by atoms with van der Waals surface area (Å²) in [5, 5.41) is 26.2. The van der Waals surface area contributed by atoms with Crippen molar-refractivity contribution in [2.45, 2.75) is 13.8 Å². The largest absolute Gasteiger partial charge is 0.507 e. The Bertz CT molecular complexity index is 801. The fourth-order valence-electron chi connectivity index (χ4n) is 2.00. The summed E-state index contributed by atoms with van der Waals surface area (Å²) in [4.78, 5) is 0. The lowest BCUT2D eigenvalue weighted by atomic mass is 10.2. The smallest absolute Gasteiger partial charge is 0.273 e. The lowest BCUT2D eigenvalue weighted by molar-refractivity contribution is 0.474. The predicted molar refractivity (Wildman–Crippen MR) is 77.7 cm³/mol. The van der Waals surface area contributed by atoms with Crippen LogP contribution < -0.4 is 0 Å². The Labute approximate surface area is 121 Å². The topological polar surface area (TPSA) is 81.1 Å². The monoisotopic (exact) mass is 282 g/mol. The third-order valence-electron chi connectivity index (χ3n) is 2.97. The molecule has 0 aliphatic carbocycles. The molecule has 0 bridgehead atoms. The molecule has 0 atom stereocenters. The highest BCUT2D eigenvalue weighted by Crippen LogP contribution is 2.13. The van der Waals surface area contributed by atoms with Gasteiger partial charge in [0.1, 0.15) is 12.1 Å². The maximum absolute atomic E-state index is 9.72. The van der Waals surface area contributed by atoms with Crippen LogP contribution in [0, 0.1) is 13.8 Å². The van der Waals surface area contributed by atoms with Gasteiger partial charge in [-0.1, -0.05) is 12.1 Å². The fraction of sp³-hybridized carbons (Fsp3) is 0.143. The molecule has 1 aromatic carbocycles. The molecule has 0 radical (unpaired) electrons. The molecule has 2 aromatic heterocycles. The number of nitrogens with zero attached hydrogens (tertiary/aromatic N) is 6. The fourth-order valence-corrected chi connectivity index (χ4v) is 2.00. The molecule has 21 heavy (non-hydrogen) atoms. The van der Waals surface area contributed by atoms with Gasteiger partial charge in [-0.25, -0.2) is 4.68 Å². The molecular formula is C14H14N6O. The highest BCUT2D eigenvalue weighted by Gasteiger charge is 2.10. The summed E-state index contributed by atoms with van der Waals surface area (Å²) in [6.45, 7) is 3.85. The van der Waals surface area contributed by atoms with E-state index in [1.165, 1.54) is 11.0 Å². The summed E-state index contributed by atoms with van der Waals surface area (Å²) in [5.74, 6) is 0.661. The van der Waals surface area contributed by atoms with E-state index in [4.69, 9.17) is 0 Å². The maximum Gasteiger partial charge on any atom is 0.273 e. The van der Waals surface area contributed by atoms with Gasteiger partial charge in [0, 0.05) is 11.3 Å². The summed E-state index contributed by atoms with van der Waals surface area (Å²) >= 11 is 0. The van der Waals surface area contributed by atoms with Crippen LogP contribution in [0.1, 0.15) is 17.0 Å². The van der Waals surface area contributed by atoms with Gasteiger partial charge in [0.15, 0.2) is 0 Å². The number of phenolic OH excluding ortho intramolecular Hbond substituents is 1. The highest BCUT2D eigenvalue weighted by molar-refractivity contribution is 5.83. The van der Waals surface area contributed by atoms with E-state index in [0.717, 1.165) is 11.4 Å². The van der Waals surface area contributed by atoms with Gasteiger partial charge in [-0.05, 0) is 32.0 Å². The average Bonchev–Trinajstić information content (AvgIpc) is 3.04. The van der Waals surface area contributed by atoms with E-state index in [1.54, 1.807) is 29.1 Å². The minimum Gasteiger partial charge on any atom is -0.507 e. The Hall–Kier alpha value is -2.96.